The fourth-order valence-corrected chi connectivity index (χ4v) is 1.88. The molecular formula is C10H6BrF6NO3. The Bertz CT molecular complexity index is 543. The molecule has 0 atom stereocenters. The van der Waals surface area contributed by atoms with E-state index in [9.17, 15) is 31.1 Å². The third-order valence-electron chi connectivity index (χ3n) is 2.19. The summed E-state index contributed by atoms with van der Waals surface area (Å²) in [5.41, 5.74) is -3.21. The predicted octanol–water partition coefficient (Wildman–Crippen LogP) is 3.52. The van der Waals surface area contributed by atoms with Crippen LogP contribution < -0.4 is 4.74 Å². The molecule has 0 bridgehead atoms. The van der Waals surface area contributed by atoms with E-state index in [-0.39, 0.29) is 11.5 Å². The van der Waals surface area contributed by atoms with Crippen molar-refractivity contribution in [3.63, 3.8) is 0 Å². The molecule has 0 unspecified atom stereocenters. The number of pyridine rings is 1. The zero-order valence-corrected chi connectivity index (χ0v) is 11.4. The molecule has 11 heteroatoms. The maximum absolute atomic E-state index is 12.8. The first-order chi connectivity index (χ1) is 9.45. The van der Waals surface area contributed by atoms with Gasteiger partial charge in [-0.1, -0.05) is 15.9 Å². The van der Waals surface area contributed by atoms with Crippen LogP contribution in [0.25, 0.3) is 0 Å². The maximum Gasteiger partial charge on any atom is 0.573 e. The van der Waals surface area contributed by atoms with Crippen LogP contribution in [0.1, 0.15) is 16.8 Å². The molecule has 0 saturated heterocycles. The number of hydrogen-bond donors (Lipinski definition) is 1. The summed E-state index contributed by atoms with van der Waals surface area (Å²) in [7, 11) is 0. The lowest BCUT2D eigenvalue weighted by Gasteiger charge is -2.19. The average molecular weight is 382 g/mol. The lowest BCUT2D eigenvalue weighted by molar-refractivity contribution is -0.275. The Morgan fingerprint density at radius 1 is 1.29 bits per heavy atom. The van der Waals surface area contributed by atoms with Crippen molar-refractivity contribution in [2.75, 3.05) is 0 Å². The highest BCUT2D eigenvalue weighted by molar-refractivity contribution is 9.08. The Morgan fingerprint density at radius 3 is 2.24 bits per heavy atom. The standard InChI is InChI=1S/C10H6BrF6NO3/c11-2-6-8(21-10(15,16)17)4(1-7(19)20)5(3-18-6)9(12,13)14/h3H,1-2H2,(H,19,20). The van der Waals surface area contributed by atoms with E-state index in [1.807, 2.05) is 0 Å². The molecule has 1 aromatic heterocycles. The summed E-state index contributed by atoms with van der Waals surface area (Å²) in [5.74, 6) is -2.99. The molecule has 0 amide bonds. The summed E-state index contributed by atoms with van der Waals surface area (Å²) in [5, 5.41) is 8.26. The van der Waals surface area contributed by atoms with E-state index in [1.54, 1.807) is 0 Å². The van der Waals surface area contributed by atoms with Crippen molar-refractivity contribution in [3.05, 3.63) is 23.0 Å². The molecule has 0 aliphatic rings. The summed E-state index contributed by atoms with van der Waals surface area (Å²) in [6, 6.07) is 0. The molecule has 0 fully saturated rings. The van der Waals surface area contributed by atoms with Crippen molar-refractivity contribution in [2.45, 2.75) is 24.3 Å². The van der Waals surface area contributed by atoms with E-state index in [0.29, 0.717) is 0 Å². The molecule has 1 rings (SSSR count). The third-order valence-corrected chi connectivity index (χ3v) is 2.72. The van der Waals surface area contributed by atoms with Crippen LogP contribution in [-0.4, -0.2) is 22.4 Å². The zero-order chi connectivity index (χ0) is 16.4. The number of hydrogen-bond acceptors (Lipinski definition) is 3. The fraction of sp³-hybridized carbons (Fsp3) is 0.400. The summed E-state index contributed by atoms with van der Waals surface area (Å²) in [6.45, 7) is 0. The number of carbonyl (C=O) groups is 1. The fourth-order valence-electron chi connectivity index (χ4n) is 1.48. The van der Waals surface area contributed by atoms with E-state index in [4.69, 9.17) is 5.11 Å². The zero-order valence-electron chi connectivity index (χ0n) is 9.85. The third kappa shape index (κ3) is 4.76. The Hall–Kier alpha value is -1.52. The molecule has 21 heavy (non-hydrogen) atoms. The predicted molar refractivity (Wildman–Crippen MR) is 59.9 cm³/mol. The molecule has 0 aromatic carbocycles. The number of ether oxygens (including phenoxy) is 1. The largest absolute Gasteiger partial charge is 0.573 e. The SMILES string of the molecule is O=C(O)Cc1c(C(F)(F)F)cnc(CBr)c1OC(F)(F)F. The molecule has 0 saturated carbocycles. The van der Waals surface area contributed by atoms with Crippen LogP contribution in [0.15, 0.2) is 6.20 Å². The van der Waals surface area contributed by atoms with E-state index in [1.165, 1.54) is 0 Å². The van der Waals surface area contributed by atoms with Crippen molar-refractivity contribution in [1.29, 1.82) is 0 Å². The normalized spacial score (nSPS) is 12.3. The van der Waals surface area contributed by atoms with Gasteiger partial charge < -0.3 is 9.84 Å². The number of carboxylic acid groups (broad SMARTS) is 1. The molecule has 0 spiro atoms. The van der Waals surface area contributed by atoms with Crippen LogP contribution >= 0.6 is 15.9 Å². The van der Waals surface area contributed by atoms with Gasteiger partial charge in [0.05, 0.1) is 17.7 Å². The number of halogens is 7. The summed E-state index contributed by atoms with van der Waals surface area (Å²) in [6.07, 6.45) is -11.4. The van der Waals surface area contributed by atoms with Crippen LogP contribution in [0.2, 0.25) is 0 Å². The molecule has 1 aromatic rings. The molecule has 4 nitrogen and oxygen atoms in total. The lowest BCUT2D eigenvalue weighted by atomic mass is 10.0. The minimum Gasteiger partial charge on any atom is -0.481 e. The van der Waals surface area contributed by atoms with Crippen LogP contribution in [0.3, 0.4) is 0 Å². The van der Waals surface area contributed by atoms with Gasteiger partial charge >= 0.3 is 18.5 Å². The Labute approximate surface area is 121 Å². The minimum atomic E-state index is -5.28. The maximum atomic E-state index is 12.8. The van der Waals surface area contributed by atoms with Crippen molar-refractivity contribution in [2.24, 2.45) is 0 Å². The van der Waals surface area contributed by atoms with E-state index in [0.717, 1.165) is 0 Å². The lowest BCUT2D eigenvalue weighted by Crippen LogP contribution is -2.22. The van der Waals surface area contributed by atoms with Gasteiger partial charge in [-0.15, -0.1) is 13.2 Å². The second kappa shape index (κ2) is 6.08. The van der Waals surface area contributed by atoms with Gasteiger partial charge in [0.25, 0.3) is 0 Å². The van der Waals surface area contributed by atoms with Gasteiger partial charge in [0.2, 0.25) is 0 Å². The molecule has 1 N–H and O–H groups in total. The van der Waals surface area contributed by atoms with Crippen molar-refractivity contribution in [1.82, 2.24) is 4.98 Å². The Morgan fingerprint density at radius 2 is 1.86 bits per heavy atom. The van der Waals surface area contributed by atoms with Crippen LogP contribution in [0.4, 0.5) is 26.3 Å². The molecule has 0 aliphatic carbocycles. The Balaban J connectivity index is 3.57. The number of alkyl halides is 7. The van der Waals surface area contributed by atoms with Gasteiger partial charge in [0.1, 0.15) is 0 Å². The van der Waals surface area contributed by atoms with Gasteiger partial charge in [-0.05, 0) is 0 Å². The number of rotatable bonds is 4. The Kier molecular flexibility index (Phi) is 5.07. The highest BCUT2D eigenvalue weighted by Crippen LogP contribution is 2.39. The molecule has 1 heterocycles. The van der Waals surface area contributed by atoms with Gasteiger partial charge in [0, 0.05) is 17.1 Å². The molecule has 118 valence electrons. The van der Waals surface area contributed by atoms with Crippen molar-refractivity contribution < 1.29 is 41.0 Å². The molecular weight excluding hydrogens is 376 g/mol. The quantitative estimate of drug-likeness (QED) is 0.640. The monoisotopic (exact) mass is 381 g/mol. The van der Waals surface area contributed by atoms with Crippen LogP contribution in [-0.2, 0) is 22.7 Å². The number of aromatic nitrogens is 1. The average Bonchev–Trinajstić information content (AvgIpc) is 2.27. The van der Waals surface area contributed by atoms with Crippen molar-refractivity contribution in [3.8, 4) is 5.75 Å². The highest BCUT2D eigenvalue weighted by Gasteiger charge is 2.40. The van der Waals surface area contributed by atoms with Crippen molar-refractivity contribution >= 4 is 21.9 Å². The van der Waals surface area contributed by atoms with Gasteiger partial charge in [0.15, 0.2) is 5.75 Å². The first kappa shape index (κ1) is 17.5. The second-order valence-corrected chi connectivity index (χ2v) is 4.24. The van der Waals surface area contributed by atoms with Crippen LogP contribution in [0.5, 0.6) is 5.75 Å². The van der Waals surface area contributed by atoms with Gasteiger partial charge in [-0.25, -0.2) is 0 Å². The van der Waals surface area contributed by atoms with Gasteiger partial charge in [-0.3, -0.25) is 9.78 Å². The number of aliphatic carboxylic acids is 1. The molecule has 0 radical (unpaired) electrons. The van der Waals surface area contributed by atoms with E-state index >= 15 is 0 Å². The summed E-state index contributed by atoms with van der Waals surface area (Å²) >= 11 is 2.75. The first-order valence-electron chi connectivity index (χ1n) is 5.07. The first-order valence-corrected chi connectivity index (χ1v) is 6.19. The van der Waals surface area contributed by atoms with E-state index < -0.39 is 47.5 Å². The number of nitrogens with zero attached hydrogens (tertiary/aromatic N) is 1. The van der Waals surface area contributed by atoms with Gasteiger partial charge in [-0.2, -0.15) is 13.2 Å². The summed E-state index contributed by atoms with van der Waals surface area (Å²) < 4.78 is 78.8. The smallest absolute Gasteiger partial charge is 0.481 e. The molecule has 0 aliphatic heterocycles. The van der Waals surface area contributed by atoms with E-state index in [2.05, 4.69) is 25.7 Å². The second-order valence-electron chi connectivity index (χ2n) is 3.68. The van der Waals surface area contributed by atoms with Crippen LogP contribution in [0, 0.1) is 0 Å². The highest BCUT2D eigenvalue weighted by atomic mass is 79.9. The number of carboxylic acids is 1. The topological polar surface area (TPSA) is 59.4 Å². The minimum absolute atomic E-state index is 0.276. The summed E-state index contributed by atoms with van der Waals surface area (Å²) in [4.78, 5) is 13.9.